The molecule has 2 nitrogen and oxygen atoms in total. The fraction of sp³-hybridized carbons (Fsp3) is 0.647. The van der Waals surface area contributed by atoms with Gasteiger partial charge >= 0.3 is 6.61 Å². The summed E-state index contributed by atoms with van der Waals surface area (Å²) in [6.45, 7) is 4.37. The third kappa shape index (κ3) is 2.29. The van der Waals surface area contributed by atoms with Gasteiger partial charge in [-0.05, 0) is 60.3 Å². The van der Waals surface area contributed by atoms with Gasteiger partial charge in [0, 0.05) is 11.7 Å². The van der Waals surface area contributed by atoms with E-state index in [1.807, 2.05) is 12.1 Å². The molecule has 3 rings (SSSR count). The van der Waals surface area contributed by atoms with Crippen LogP contribution in [-0.2, 0) is 0 Å². The Labute approximate surface area is 124 Å². The maximum Gasteiger partial charge on any atom is 0.387 e. The number of halogens is 2. The van der Waals surface area contributed by atoms with E-state index in [1.165, 1.54) is 19.3 Å². The van der Waals surface area contributed by atoms with Crippen LogP contribution in [-0.4, -0.2) is 12.7 Å². The molecule has 116 valence electrons. The minimum Gasteiger partial charge on any atom is -0.435 e. The van der Waals surface area contributed by atoms with Gasteiger partial charge in [-0.15, -0.1) is 0 Å². The topological polar surface area (TPSA) is 21.3 Å². The number of ether oxygens (including phenoxy) is 1. The monoisotopic (exact) mass is 295 g/mol. The minimum atomic E-state index is -2.77. The Kier molecular flexibility index (Phi) is 3.38. The van der Waals surface area contributed by atoms with Gasteiger partial charge in [0.15, 0.2) is 0 Å². The third-order valence-corrected chi connectivity index (χ3v) is 6.21. The van der Waals surface area contributed by atoms with Crippen molar-refractivity contribution in [2.45, 2.75) is 52.7 Å². The van der Waals surface area contributed by atoms with Gasteiger partial charge in [-0.1, -0.05) is 20.8 Å². The van der Waals surface area contributed by atoms with Gasteiger partial charge in [0.1, 0.15) is 5.75 Å². The normalized spacial score (nSPS) is 33.4. The molecule has 3 atom stereocenters. The summed E-state index contributed by atoms with van der Waals surface area (Å²) in [6, 6.07) is 7.28. The van der Waals surface area contributed by atoms with Crippen LogP contribution in [0.25, 0.3) is 0 Å². The fourth-order valence-electron chi connectivity index (χ4n) is 4.36. The van der Waals surface area contributed by atoms with Gasteiger partial charge in [-0.3, -0.25) is 0 Å². The van der Waals surface area contributed by atoms with Crippen LogP contribution >= 0.6 is 0 Å². The first-order valence-electron chi connectivity index (χ1n) is 7.64. The number of hydrogen-bond donors (Lipinski definition) is 1. The summed E-state index contributed by atoms with van der Waals surface area (Å²) in [6.07, 6.45) is 3.77. The van der Waals surface area contributed by atoms with Crippen molar-refractivity contribution in [1.29, 1.82) is 0 Å². The molecule has 2 saturated carbocycles. The molecule has 0 saturated heterocycles. The molecule has 0 heterocycles. The van der Waals surface area contributed by atoms with E-state index in [1.54, 1.807) is 12.1 Å². The zero-order chi connectivity index (χ0) is 15.3. The molecule has 2 aliphatic rings. The average Bonchev–Trinajstić information content (AvgIpc) is 2.73. The van der Waals surface area contributed by atoms with Gasteiger partial charge in [0.25, 0.3) is 0 Å². The molecule has 2 fully saturated rings. The lowest BCUT2D eigenvalue weighted by Gasteiger charge is -2.40. The maximum absolute atomic E-state index is 12.1. The number of nitrogens with one attached hydrogen (secondary N) is 1. The minimum absolute atomic E-state index is 0.204. The summed E-state index contributed by atoms with van der Waals surface area (Å²) >= 11 is 0. The lowest BCUT2D eigenvalue weighted by Crippen LogP contribution is -2.40. The molecule has 2 bridgehead atoms. The molecule has 1 N–H and O–H groups in total. The van der Waals surface area contributed by atoms with Crippen LogP contribution in [0.5, 0.6) is 5.75 Å². The number of alkyl halides is 2. The summed E-state index contributed by atoms with van der Waals surface area (Å²) in [7, 11) is 0. The van der Waals surface area contributed by atoms with Crippen LogP contribution in [0, 0.1) is 16.7 Å². The third-order valence-electron chi connectivity index (χ3n) is 6.21. The predicted molar refractivity (Wildman–Crippen MR) is 79.7 cm³/mol. The highest BCUT2D eigenvalue weighted by molar-refractivity contribution is 5.48. The molecule has 0 radical (unpaired) electrons. The Bertz CT molecular complexity index is 514. The number of fused-ring (bicyclic) bond motifs is 2. The van der Waals surface area contributed by atoms with Gasteiger partial charge in [0.05, 0.1) is 0 Å². The highest BCUT2D eigenvalue weighted by Gasteiger charge is 2.61. The van der Waals surface area contributed by atoms with Crippen LogP contribution < -0.4 is 10.1 Å². The Morgan fingerprint density at radius 1 is 1.19 bits per heavy atom. The second kappa shape index (κ2) is 4.85. The smallest absolute Gasteiger partial charge is 0.387 e. The van der Waals surface area contributed by atoms with Crippen molar-refractivity contribution < 1.29 is 13.5 Å². The molecular formula is C17H23F2NO. The van der Waals surface area contributed by atoms with E-state index < -0.39 is 6.61 Å². The largest absolute Gasteiger partial charge is 0.435 e. The molecule has 1 aromatic carbocycles. The van der Waals surface area contributed by atoms with Crippen molar-refractivity contribution in [3.05, 3.63) is 24.3 Å². The SMILES string of the molecule is CC1(C)C2CCC1(C)C(Nc1ccc(OC(F)F)cc1)C2. The first kappa shape index (κ1) is 14.6. The van der Waals surface area contributed by atoms with E-state index in [0.29, 0.717) is 16.9 Å². The van der Waals surface area contributed by atoms with E-state index in [0.717, 1.165) is 11.6 Å². The highest BCUT2D eigenvalue weighted by Crippen LogP contribution is 2.65. The molecule has 2 aliphatic carbocycles. The van der Waals surface area contributed by atoms with Gasteiger partial charge in [0.2, 0.25) is 0 Å². The summed E-state index contributed by atoms with van der Waals surface area (Å²) in [4.78, 5) is 0. The Balaban J connectivity index is 1.71. The fourth-order valence-corrected chi connectivity index (χ4v) is 4.36. The van der Waals surface area contributed by atoms with Gasteiger partial charge in [-0.2, -0.15) is 8.78 Å². The quantitative estimate of drug-likeness (QED) is 0.851. The number of hydrogen-bond acceptors (Lipinski definition) is 2. The zero-order valence-electron chi connectivity index (χ0n) is 12.8. The Hall–Kier alpha value is -1.32. The van der Waals surface area contributed by atoms with Crippen molar-refractivity contribution >= 4 is 5.69 Å². The van der Waals surface area contributed by atoms with Crippen molar-refractivity contribution in [1.82, 2.24) is 0 Å². The maximum atomic E-state index is 12.1. The Morgan fingerprint density at radius 2 is 1.86 bits per heavy atom. The van der Waals surface area contributed by atoms with Crippen molar-refractivity contribution in [2.24, 2.45) is 16.7 Å². The standard InChI is InChI=1S/C17H23F2NO/c1-16(2)11-8-9-17(16,3)14(10-11)20-12-4-6-13(7-5-12)21-15(18)19/h4-7,11,14-15,20H,8-10H2,1-3H3. The summed E-state index contributed by atoms with van der Waals surface area (Å²) in [5.41, 5.74) is 1.64. The first-order valence-corrected chi connectivity index (χ1v) is 7.64. The molecule has 1 aromatic rings. The van der Waals surface area contributed by atoms with E-state index in [9.17, 15) is 8.78 Å². The van der Waals surface area contributed by atoms with Crippen LogP contribution in [0.15, 0.2) is 24.3 Å². The summed E-state index contributed by atoms with van der Waals surface area (Å²) in [5.74, 6) is 0.983. The van der Waals surface area contributed by atoms with Crippen molar-refractivity contribution in [3.8, 4) is 5.75 Å². The van der Waals surface area contributed by atoms with E-state index in [4.69, 9.17) is 0 Å². The van der Waals surface area contributed by atoms with Gasteiger partial charge in [-0.25, -0.2) is 0 Å². The summed E-state index contributed by atoms with van der Waals surface area (Å²) < 4.78 is 28.7. The lowest BCUT2D eigenvalue weighted by atomic mass is 9.69. The van der Waals surface area contributed by atoms with E-state index in [2.05, 4.69) is 30.8 Å². The van der Waals surface area contributed by atoms with E-state index >= 15 is 0 Å². The number of rotatable bonds is 4. The van der Waals surface area contributed by atoms with Crippen LogP contribution in [0.2, 0.25) is 0 Å². The molecule has 0 spiro atoms. The van der Waals surface area contributed by atoms with Crippen LogP contribution in [0.3, 0.4) is 0 Å². The molecule has 0 amide bonds. The average molecular weight is 295 g/mol. The predicted octanol–water partition coefficient (Wildman–Crippen LogP) is 4.91. The molecule has 0 aliphatic heterocycles. The molecule has 4 heteroatoms. The van der Waals surface area contributed by atoms with Crippen LogP contribution in [0.1, 0.15) is 40.0 Å². The van der Waals surface area contributed by atoms with Crippen molar-refractivity contribution in [2.75, 3.05) is 5.32 Å². The highest BCUT2D eigenvalue weighted by atomic mass is 19.3. The molecule has 21 heavy (non-hydrogen) atoms. The van der Waals surface area contributed by atoms with Crippen LogP contribution in [0.4, 0.5) is 14.5 Å². The number of anilines is 1. The lowest BCUT2D eigenvalue weighted by molar-refractivity contribution is -0.0498. The molecule has 3 unspecified atom stereocenters. The van der Waals surface area contributed by atoms with Crippen molar-refractivity contribution in [3.63, 3.8) is 0 Å². The number of benzene rings is 1. The molecular weight excluding hydrogens is 272 g/mol. The zero-order valence-corrected chi connectivity index (χ0v) is 12.8. The molecule has 0 aromatic heterocycles. The second-order valence-corrected chi connectivity index (χ2v) is 7.21. The Morgan fingerprint density at radius 3 is 2.33 bits per heavy atom. The second-order valence-electron chi connectivity index (χ2n) is 7.21. The summed E-state index contributed by atoms with van der Waals surface area (Å²) in [5, 5.41) is 3.61. The first-order chi connectivity index (χ1) is 9.83. The van der Waals surface area contributed by atoms with Gasteiger partial charge < -0.3 is 10.1 Å². The van der Waals surface area contributed by atoms with E-state index in [-0.39, 0.29) is 5.75 Å².